The molecule has 0 aromatic heterocycles. The van der Waals surface area contributed by atoms with E-state index in [2.05, 4.69) is 45.1 Å². The normalized spacial score (nSPS) is 18.5. The Morgan fingerprint density at radius 1 is 0.870 bits per heavy atom. The molecule has 0 spiro atoms. The zero-order valence-corrected chi connectivity index (χ0v) is 15.0. The molecule has 2 nitrogen and oxygen atoms in total. The second-order valence-electron chi connectivity index (χ2n) is 6.37. The van der Waals surface area contributed by atoms with Crippen LogP contribution >= 0.6 is 15.9 Å². The number of rotatable bonds is 5. The molecule has 2 aromatic rings. The highest BCUT2D eigenvalue weighted by atomic mass is 79.9. The lowest BCUT2D eigenvalue weighted by Gasteiger charge is -2.33. The van der Waals surface area contributed by atoms with Gasteiger partial charge in [-0.05, 0) is 49.2 Å². The summed E-state index contributed by atoms with van der Waals surface area (Å²) in [6.07, 6.45) is 3.40. The molecule has 3 heteroatoms. The van der Waals surface area contributed by atoms with E-state index >= 15 is 0 Å². The van der Waals surface area contributed by atoms with Gasteiger partial charge in [0.05, 0.1) is 6.10 Å². The van der Waals surface area contributed by atoms with Gasteiger partial charge in [-0.15, -0.1) is 0 Å². The van der Waals surface area contributed by atoms with Crippen LogP contribution in [0.3, 0.4) is 0 Å². The summed E-state index contributed by atoms with van der Waals surface area (Å²) in [4.78, 5) is 2.50. The first-order valence-corrected chi connectivity index (χ1v) is 9.24. The molecular formula is C20H24BrNO. The minimum absolute atomic E-state index is 0.107. The molecule has 1 aliphatic rings. The maximum Gasteiger partial charge on any atom is 0.0870 e. The van der Waals surface area contributed by atoms with E-state index in [0.29, 0.717) is 0 Å². The fraction of sp³-hybridized carbons (Fsp3) is 0.400. The molecule has 1 aliphatic heterocycles. The second kappa shape index (κ2) is 8.09. The number of aliphatic hydroxyl groups excluding tert-OH is 1. The van der Waals surface area contributed by atoms with Crippen LogP contribution in [0.1, 0.15) is 42.4 Å². The Kier molecular flexibility index (Phi) is 5.87. The molecule has 0 bridgehead atoms. The lowest BCUT2D eigenvalue weighted by Crippen LogP contribution is -2.35. The van der Waals surface area contributed by atoms with Crippen molar-refractivity contribution in [2.75, 3.05) is 19.6 Å². The molecule has 2 atom stereocenters. The third-order valence-corrected chi connectivity index (χ3v) is 5.25. The van der Waals surface area contributed by atoms with Gasteiger partial charge in [-0.1, -0.05) is 64.8 Å². The number of nitrogens with zero attached hydrogens (tertiary/aromatic N) is 1. The van der Waals surface area contributed by atoms with Gasteiger partial charge in [0, 0.05) is 16.9 Å². The molecule has 1 heterocycles. The minimum Gasteiger partial charge on any atom is -0.388 e. The van der Waals surface area contributed by atoms with Gasteiger partial charge >= 0.3 is 0 Å². The first-order chi connectivity index (χ1) is 11.2. The van der Waals surface area contributed by atoms with E-state index in [1.165, 1.54) is 24.8 Å². The number of likely N-dealkylation sites (tertiary alicyclic amines) is 1. The SMILES string of the molecule is O[C@H](c1ccc(Br)cc1)[C@H](CN1CCCCC1)c1ccccc1. The topological polar surface area (TPSA) is 23.5 Å². The fourth-order valence-electron chi connectivity index (χ4n) is 3.40. The molecule has 1 fully saturated rings. The van der Waals surface area contributed by atoms with Crippen molar-refractivity contribution in [3.05, 3.63) is 70.2 Å². The zero-order valence-electron chi connectivity index (χ0n) is 13.4. The molecule has 1 saturated heterocycles. The van der Waals surface area contributed by atoms with Crippen molar-refractivity contribution in [1.29, 1.82) is 0 Å². The van der Waals surface area contributed by atoms with Gasteiger partial charge in [0.15, 0.2) is 0 Å². The Hall–Kier alpha value is -1.16. The Balaban J connectivity index is 1.83. The smallest absolute Gasteiger partial charge is 0.0870 e. The van der Waals surface area contributed by atoms with Crippen LogP contribution in [0.5, 0.6) is 0 Å². The molecule has 3 rings (SSSR count). The van der Waals surface area contributed by atoms with Crippen LogP contribution in [0.2, 0.25) is 0 Å². The third-order valence-electron chi connectivity index (χ3n) is 4.72. The van der Waals surface area contributed by atoms with Gasteiger partial charge in [0.25, 0.3) is 0 Å². The van der Waals surface area contributed by atoms with Crippen molar-refractivity contribution >= 4 is 15.9 Å². The summed E-state index contributed by atoms with van der Waals surface area (Å²) in [6, 6.07) is 18.5. The summed E-state index contributed by atoms with van der Waals surface area (Å²) < 4.78 is 1.04. The Labute approximate surface area is 147 Å². The van der Waals surface area contributed by atoms with Crippen LogP contribution < -0.4 is 0 Å². The fourth-order valence-corrected chi connectivity index (χ4v) is 3.66. The number of halogens is 1. The highest BCUT2D eigenvalue weighted by molar-refractivity contribution is 9.10. The minimum atomic E-state index is -0.479. The molecule has 0 unspecified atom stereocenters. The van der Waals surface area contributed by atoms with Gasteiger partial charge in [0.1, 0.15) is 0 Å². The number of aliphatic hydroxyl groups is 1. The molecule has 0 saturated carbocycles. The van der Waals surface area contributed by atoms with Gasteiger partial charge in [0.2, 0.25) is 0 Å². The summed E-state index contributed by atoms with van der Waals surface area (Å²) in [7, 11) is 0. The van der Waals surface area contributed by atoms with Crippen molar-refractivity contribution in [3.63, 3.8) is 0 Å². The van der Waals surface area contributed by atoms with Crippen LogP contribution in [0, 0.1) is 0 Å². The van der Waals surface area contributed by atoms with Gasteiger partial charge in [-0.25, -0.2) is 0 Å². The van der Waals surface area contributed by atoms with Crippen molar-refractivity contribution in [2.24, 2.45) is 0 Å². The van der Waals surface area contributed by atoms with Crippen molar-refractivity contribution in [2.45, 2.75) is 31.3 Å². The lowest BCUT2D eigenvalue weighted by molar-refractivity contribution is 0.109. The average molecular weight is 374 g/mol. The Morgan fingerprint density at radius 2 is 1.52 bits per heavy atom. The van der Waals surface area contributed by atoms with Crippen LogP contribution in [-0.4, -0.2) is 29.6 Å². The first kappa shape index (κ1) is 16.7. The molecule has 0 aliphatic carbocycles. The van der Waals surface area contributed by atoms with Crippen LogP contribution in [0.4, 0.5) is 0 Å². The van der Waals surface area contributed by atoms with Crippen molar-refractivity contribution < 1.29 is 5.11 Å². The van der Waals surface area contributed by atoms with E-state index in [1.807, 2.05) is 30.3 Å². The lowest BCUT2D eigenvalue weighted by atomic mass is 9.88. The van der Waals surface area contributed by atoms with Gasteiger partial charge < -0.3 is 10.0 Å². The Bertz CT molecular complexity index is 593. The van der Waals surface area contributed by atoms with Gasteiger partial charge in [-0.3, -0.25) is 0 Å². The van der Waals surface area contributed by atoms with Crippen LogP contribution in [-0.2, 0) is 0 Å². The van der Waals surface area contributed by atoms with E-state index in [-0.39, 0.29) is 5.92 Å². The van der Waals surface area contributed by atoms with E-state index in [1.54, 1.807) is 0 Å². The number of piperidine rings is 1. The number of benzene rings is 2. The largest absolute Gasteiger partial charge is 0.388 e. The highest BCUT2D eigenvalue weighted by Crippen LogP contribution is 2.33. The van der Waals surface area contributed by atoms with Crippen molar-refractivity contribution in [3.8, 4) is 0 Å². The molecule has 0 amide bonds. The number of hydrogen-bond donors (Lipinski definition) is 1. The zero-order chi connectivity index (χ0) is 16.1. The van der Waals surface area contributed by atoms with E-state index in [9.17, 15) is 5.11 Å². The second-order valence-corrected chi connectivity index (χ2v) is 7.29. The molecular weight excluding hydrogens is 350 g/mol. The third kappa shape index (κ3) is 4.43. The monoisotopic (exact) mass is 373 g/mol. The van der Waals surface area contributed by atoms with Gasteiger partial charge in [-0.2, -0.15) is 0 Å². The summed E-state index contributed by atoms with van der Waals surface area (Å²) in [5.74, 6) is 0.107. The molecule has 0 radical (unpaired) electrons. The highest BCUT2D eigenvalue weighted by Gasteiger charge is 2.25. The maximum atomic E-state index is 11.0. The summed E-state index contributed by atoms with van der Waals surface area (Å²) >= 11 is 3.47. The summed E-state index contributed by atoms with van der Waals surface area (Å²) in [5, 5.41) is 11.0. The van der Waals surface area contributed by atoms with E-state index in [0.717, 1.165) is 29.7 Å². The maximum absolute atomic E-state index is 11.0. The van der Waals surface area contributed by atoms with E-state index in [4.69, 9.17) is 0 Å². The molecule has 2 aromatic carbocycles. The van der Waals surface area contributed by atoms with Crippen LogP contribution in [0.15, 0.2) is 59.1 Å². The molecule has 1 N–H and O–H groups in total. The Morgan fingerprint density at radius 3 is 2.17 bits per heavy atom. The predicted molar refractivity (Wildman–Crippen MR) is 98.6 cm³/mol. The quantitative estimate of drug-likeness (QED) is 0.816. The van der Waals surface area contributed by atoms with Crippen LogP contribution in [0.25, 0.3) is 0 Å². The molecule has 23 heavy (non-hydrogen) atoms. The standard InChI is InChI=1S/C20H24BrNO/c21-18-11-9-17(10-12-18)20(23)19(16-7-3-1-4-8-16)15-22-13-5-2-6-14-22/h1,3-4,7-12,19-20,23H,2,5-6,13-15H2/t19-,20-/m1/s1. The first-order valence-electron chi connectivity index (χ1n) is 8.45. The summed E-state index contributed by atoms with van der Waals surface area (Å²) in [5.41, 5.74) is 2.20. The van der Waals surface area contributed by atoms with Crippen molar-refractivity contribution in [1.82, 2.24) is 4.90 Å². The molecule has 122 valence electrons. The number of hydrogen-bond acceptors (Lipinski definition) is 2. The van der Waals surface area contributed by atoms with E-state index < -0.39 is 6.10 Å². The average Bonchev–Trinajstić information content (AvgIpc) is 2.61. The predicted octanol–water partition coefficient (Wildman–Crippen LogP) is 4.75. The summed E-state index contributed by atoms with van der Waals surface area (Å²) in [6.45, 7) is 3.22.